The second-order valence-corrected chi connectivity index (χ2v) is 2.76. The Balaban J connectivity index is 2.58. The highest BCUT2D eigenvalue weighted by molar-refractivity contribution is 5.19. The fourth-order valence-electron chi connectivity index (χ4n) is 0.777. The smallest absolute Gasteiger partial charge is 0.165 e. The van der Waals surface area contributed by atoms with Gasteiger partial charge in [-0.25, -0.2) is 0 Å². The van der Waals surface area contributed by atoms with Gasteiger partial charge in [0.05, 0.1) is 6.20 Å². The van der Waals surface area contributed by atoms with Crippen LogP contribution in [0.2, 0.25) is 0 Å². The van der Waals surface area contributed by atoms with Crippen LogP contribution in [0.5, 0.6) is 0 Å². The third kappa shape index (κ3) is 1.72. The third-order valence-electron chi connectivity index (χ3n) is 1.11. The number of nitrogens with zero attached hydrogens (tertiary/aromatic N) is 3. The fraction of sp³-hybridized carbons (Fsp3) is 0.667. The van der Waals surface area contributed by atoms with Crippen molar-refractivity contribution < 1.29 is 0 Å². The zero-order valence-electron chi connectivity index (χ0n) is 6.28. The zero-order valence-corrected chi connectivity index (χ0v) is 6.28. The van der Waals surface area contributed by atoms with E-state index in [0.717, 1.165) is 6.54 Å². The molecule has 0 aliphatic rings. The van der Waals surface area contributed by atoms with Gasteiger partial charge in [0.25, 0.3) is 0 Å². The largest absolute Gasteiger partial charge is 0.381 e. The molecule has 0 aliphatic carbocycles. The van der Waals surface area contributed by atoms with Gasteiger partial charge in [-0.2, -0.15) is 0 Å². The normalized spacial score (nSPS) is 10.7. The lowest BCUT2D eigenvalue weighted by Gasteiger charge is -2.01. The van der Waals surface area contributed by atoms with E-state index in [9.17, 15) is 0 Å². The zero-order chi connectivity index (χ0) is 7.56. The molecule has 0 bridgehead atoms. The minimum Gasteiger partial charge on any atom is -0.381 e. The molecule has 4 heteroatoms. The lowest BCUT2D eigenvalue weighted by molar-refractivity contribution is 0.472. The summed E-state index contributed by atoms with van der Waals surface area (Å²) in [6.45, 7) is 5.12. The Hall–Kier alpha value is -1.06. The first-order chi connectivity index (χ1) is 4.68. The second-order valence-electron chi connectivity index (χ2n) is 2.76. The molecule has 0 amide bonds. The molecule has 1 heterocycles. The van der Waals surface area contributed by atoms with Crippen LogP contribution in [0.25, 0.3) is 0 Å². The van der Waals surface area contributed by atoms with Crippen molar-refractivity contribution in [1.82, 2.24) is 15.0 Å². The summed E-state index contributed by atoms with van der Waals surface area (Å²) in [7, 11) is 0. The summed E-state index contributed by atoms with van der Waals surface area (Å²) in [6, 6.07) is 0. The van der Waals surface area contributed by atoms with Crippen LogP contribution in [0.1, 0.15) is 13.8 Å². The monoisotopic (exact) mass is 140 g/mol. The van der Waals surface area contributed by atoms with Gasteiger partial charge in [0.1, 0.15) is 0 Å². The van der Waals surface area contributed by atoms with E-state index in [1.165, 1.54) is 0 Å². The highest BCUT2D eigenvalue weighted by Gasteiger charge is 1.97. The predicted molar refractivity (Wildman–Crippen MR) is 39.3 cm³/mol. The Labute approximate surface area is 60.0 Å². The van der Waals surface area contributed by atoms with E-state index in [2.05, 4.69) is 24.2 Å². The molecule has 1 aromatic rings. The number of rotatable bonds is 2. The van der Waals surface area contributed by atoms with Crippen LogP contribution in [0, 0.1) is 5.92 Å². The Morgan fingerprint density at radius 2 is 2.40 bits per heavy atom. The van der Waals surface area contributed by atoms with Gasteiger partial charge in [-0.15, -0.1) is 5.10 Å². The summed E-state index contributed by atoms with van der Waals surface area (Å²) in [6.07, 6.45) is 1.74. The molecule has 0 aromatic carbocycles. The number of aromatic nitrogens is 3. The van der Waals surface area contributed by atoms with E-state index < -0.39 is 0 Å². The number of nitrogens with two attached hydrogens (primary N) is 1. The van der Waals surface area contributed by atoms with Gasteiger partial charge in [0, 0.05) is 6.54 Å². The number of anilines is 1. The van der Waals surface area contributed by atoms with Crippen molar-refractivity contribution in [3.63, 3.8) is 0 Å². The summed E-state index contributed by atoms with van der Waals surface area (Å²) in [5.74, 6) is 1.07. The SMILES string of the molecule is CC(C)Cn1cc(N)nn1. The molecule has 10 heavy (non-hydrogen) atoms. The number of hydrogen-bond acceptors (Lipinski definition) is 3. The topological polar surface area (TPSA) is 56.7 Å². The first-order valence-electron chi connectivity index (χ1n) is 3.34. The van der Waals surface area contributed by atoms with Crippen molar-refractivity contribution in [2.45, 2.75) is 20.4 Å². The Bertz CT molecular complexity index is 203. The Morgan fingerprint density at radius 1 is 1.70 bits per heavy atom. The maximum atomic E-state index is 5.36. The lowest BCUT2D eigenvalue weighted by Crippen LogP contribution is -2.04. The van der Waals surface area contributed by atoms with E-state index in [-0.39, 0.29) is 0 Å². The molecular weight excluding hydrogens is 128 g/mol. The third-order valence-corrected chi connectivity index (χ3v) is 1.11. The summed E-state index contributed by atoms with van der Waals surface area (Å²) in [5, 5.41) is 7.46. The number of nitrogen functional groups attached to an aromatic ring is 1. The first kappa shape index (κ1) is 7.05. The van der Waals surface area contributed by atoms with Crippen molar-refractivity contribution in [3.05, 3.63) is 6.20 Å². The first-order valence-corrected chi connectivity index (χ1v) is 3.34. The van der Waals surface area contributed by atoms with Gasteiger partial charge >= 0.3 is 0 Å². The molecule has 0 aliphatic heterocycles. The Kier molecular flexibility index (Phi) is 1.89. The molecule has 1 aromatic heterocycles. The van der Waals surface area contributed by atoms with Crippen molar-refractivity contribution in [3.8, 4) is 0 Å². The average molecular weight is 140 g/mol. The van der Waals surface area contributed by atoms with E-state index in [4.69, 9.17) is 5.73 Å². The van der Waals surface area contributed by atoms with Gasteiger partial charge in [0.15, 0.2) is 5.82 Å². The number of hydrogen-bond donors (Lipinski definition) is 1. The van der Waals surface area contributed by atoms with Gasteiger partial charge in [-0.05, 0) is 5.92 Å². The molecule has 0 unspecified atom stereocenters. The molecule has 4 nitrogen and oxygen atoms in total. The predicted octanol–water partition coefficient (Wildman–Crippen LogP) is 0.516. The van der Waals surface area contributed by atoms with Crippen molar-refractivity contribution in [2.24, 2.45) is 5.92 Å². The standard InChI is InChI=1S/C6H12N4/c1-5(2)3-10-4-6(7)8-9-10/h4-5H,3,7H2,1-2H3. The van der Waals surface area contributed by atoms with Crippen LogP contribution in [0.3, 0.4) is 0 Å². The molecule has 0 radical (unpaired) electrons. The van der Waals surface area contributed by atoms with Gasteiger partial charge in [-0.1, -0.05) is 19.1 Å². The highest BCUT2D eigenvalue weighted by atomic mass is 15.4. The van der Waals surface area contributed by atoms with Crippen LogP contribution >= 0.6 is 0 Å². The van der Waals surface area contributed by atoms with Crippen LogP contribution < -0.4 is 5.73 Å². The van der Waals surface area contributed by atoms with E-state index in [1.807, 2.05) is 0 Å². The van der Waals surface area contributed by atoms with Gasteiger partial charge in [0.2, 0.25) is 0 Å². The maximum Gasteiger partial charge on any atom is 0.165 e. The summed E-state index contributed by atoms with van der Waals surface area (Å²) < 4.78 is 1.75. The van der Waals surface area contributed by atoms with E-state index >= 15 is 0 Å². The molecule has 0 saturated heterocycles. The summed E-state index contributed by atoms with van der Waals surface area (Å²) in [5.41, 5.74) is 5.36. The maximum absolute atomic E-state index is 5.36. The molecule has 1 rings (SSSR count). The van der Waals surface area contributed by atoms with Crippen LogP contribution in [-0.2, 0) is 6.54 Å². The quantitative estimate of drug-likeness (QED) is 0.651. The summed E-state index contributed by atoms with van der Waals surface area (Å²) in [4.78, 5) is 0. The van der Waals surface area contributed by atoms with Crippen molar-refractivity contribution >= 4 is 5.82 Å². The minimum atomic E-state index is 0.487. The molecule has 2 N–H and O–H groups in total. The summed E-state index contributed by atoms with van der Waals surface area (Å²) >= 11 is 0. The van der Waals surface area contributed by atoms with Crippen LogP contribution in [0.4, 0.5) is 5.82 Å². The molecule has 0 fully saturated rings. The highest BCUT2D eigenvalue weighted by Crippen LogP contribution is 1.98. The van der Waals surface area contributed by atoms with Crippen molar-refractivity contribution in [2.75, 3.05) is 5.73 Å². The molecule has 0 spiro atoms. The molecule has 0 atom stereocenters. The van der Waals surface area contributed by atoms with Crippen LogP contribution in [-0.4, -0.2) is 15.0 Å². The minimum absolute atomic E-state index is 0.487. The molecular formula is C6H12N4. The van der Waals surface area contributed by atoms with Gasteiger partial charge in [-0.3, -0.25) is 4.68 Å². The van der Waals surface area contributed by atoms with E-state index in [1.54, 1.807) is 10.9 Å². The fourth-order valence-corrected chi connectivity index (χ4v) is 0.777. The van der Waals surface area contributed by atoms with Gasteiger partial charge < -0.3 is 5.73 Å². The van der Waals surface area contributed by atoms with Crippen LogP contribution in [0.15, 0.2) is 6.20 Å². The average Bonchev–Trinajstić information content (AvgIpc) is 2.13. The second kappa shape index (κ2) is 2.68. The van der Waals surface area contributed by atoms with E-state index in [0.29, 0.717) is 11.7 Å². The molecule has 0 saturated carbocycles. The van der Waals surface area contributed by atoms with Crippen molar-refractivity contribution in [1.29, 1.82) is 0 Å². The lowest BCUT2D eigenvalue weighted by atomic mass is 10.2. The Morgan fingerprint density at radius 3 is 2.80 bits per heavy atom. The molecule has 56 valence electrons.